The molecule has 0 bridgehead atoms. The maximum atomic E-state index is 12.8. The van der Waals surface area contributed by atoms with E-state index in [1.165, 1.54) is 205 Å². The number of carbonyl (C=O) groups excluding carboxylic acids is 3. The van der Waals surface area contributed by atoms with Crippen LogP contribution >= 0.6 is 0 Å². The molecule has 0 aromatic carbocycles. The summed E-state index contributed by atoms with van der Waals surface area (Å²) in [5.41, 5.74) is 0. The Hall–Kier alpha value is -1.59. The van der Waals surface area contributed by atoms with Gasteiger partial charge < -0.3 is 14.2 Å². The number of ether oxygens (including phenoxy) is 3. The first-order valence-electron chi connectivity index (χ1n) is 27.4. The molecule has 0 aromatic heterocycles. The first-order chi connectivity index (χ1) is 29.9. The second kappa shape index (κ2) is 49.4. The Balaban J connectivity index is 4.23. The number of unbranched alkanes of at least 4 members (excludes halogenated alkanes) is 37. The van der Waals surface area contributed by atoms with Crippen molar-refractivity contribution in [1.29, 1.82) is 0 Å². The molecule has 0 fully saturated rings. The molecule has 0 aliphatic rings. The predicted octanol–water partition coefficient (Wildman–Crippen LogP) is 17.8. The smallest absolute Gasteiger partial charge is 0.306 e. The molecule has 6 heteroatoms. The SMILES string of the molecule is CCCCCCCCCCCCCCCCCCCC(=O)OC[C@@H](COC(=O)CCCCCCCCCCCCCCCCCC)OC(=O)CCCCCCCCCC(C)C. The number of hydrogen-bond acceptors (Lipinski definition) is 6. The van der Waals surface area contributed by atoms with E-state index in [-0.39, 0.29) is 31.1 Å². The quantitative estimate of drug-likeness (QED) is 0.0344. The van der Waals surface area contributed by atoms with Gasteiger partial charge in [-0.3, -0.25) is 14.4 Å². The van der Waals surface area contributed by atoms with Crippen LogP contribution in [0.5, 0.6) is 0 Å². The second-order valence-electron chi connectivity index (χ2n) is 19.3. The molecule has 0 aliphatic carbocycles. The molecule has 61 heavy (non-hydrogen) atoms. The van der Waals surface area contributed by atoms with E-state index in [1.807, 2.05) is 0 Å². The van der Waals surface area contributed by atoms with Gasteiger partial charge in [0, 0.05) is 19.3 Å². The Morgan fingerprint density at radius 1 is 0.311 bits per heavy atom. The summed E-state index contributed by atoms with van der Waals surface area (Å²) in [5.74, 6) is -0.0661. The summed E-state index contributed by atoms with van der Waals surface area (Å²) in [7, 11) is 0. The van der Waals surface area contributed by atoms with Gasteiger partial charge in [0.1, 0.15) is 13.2 Å². The molecule has 0 N–H and O–H groups in total. The van der Waals surface area contributed by atoms with E-state index in [2.05, 4.69) is 27.7 Å². The predicted molar refractivity (Wildman–Crippen MR) is 261 cm³/mol. The zero-order valence-electron chi connectivity index (χ0n) is 41.6. The summed E-state index contributed by atoms with van der Waals surface area (Å²) in [4.78, 5) is 38.0. The van der Waals surface area contributed by atoms with Crippen molar-refractivity contribution in [3.63, 3.8) is 0 Å². The minimum atomic E-state index is -0.761. The van der Waals surface area contributed by atoms with Crippen LogP contribution in [-0.2, 0) is 28.6 Å². The summed E-state index contributed by atoms with van der Waals surface area (Å²) < 4.78 is 16.8. The van der Waals surface area contributed by atoms with Crippen LogP contribution in [0.3, 0.4) is 0 Å². The molecule has 362 valence electrons. The van der Waals surface area contributed by atoms with Gasteiger partial charge in [-0.15, -0.1) is 0 Å². The van der Waals surface area contributed by atoms with Crippen LogP contribution in [0, 0.1) is 5.92 Å². The van der Waals surface area contributed by atoms with E-state index < -0.39 is 6.10 Å². The van der Waals surface area contributed by atoms with Crippen LogP contribution < -0.4 is 0 Å². The molecular formula is C55H106O6. The van der Waals surface area contributed by atoms with Crippen LogP contribution in [0.15, 0.2) is 0 Å². The van der Waals surface area contributed by atoms with Crippen molar-refractivity contribution in [3.8, 4) is 0 Å². The molecule has 0 aromatic rings. The topological polar surface area (TPSA) is 78.9 Å². The molecule has 0 unspecified atom stereocenters. The molecule has 0 spiro atoms. The Morgan fingerprint density at radius 3 is 0.803 bits per heavy atom. The maximum absolute atomic E-state index is 12.8. The van der Waals surface area contributed by atoms with Crippen molar-refractivity contribution in [3.05, 3.63) is 0 Å². The van der Waals surface area contributed by atoms with E-state index in [9.17, 15) is 14.4 Å². The lowest BCUT2D eigenvalue weighted by atomic mass is 10.0. The monoisotopic (exact) mass is 863 g/mol. The van der Waals surface area contributed by atoms with Crippen molar-refractivity contribution in [2.75, 3.05) is 13.2 Å². The fourth-order valence-electron chi connectivity index (χ4n) is 8.39. The maximum Gasteiger partial charge on any atom is 0.306 e. The highest BCUT2D eigenvalue weighted by Gasteiger charge is 2.19. The third-order valence-electron chi connectivity index (χ3n) is 12.5. The Morgan fingerprint density at radius 2 is 0.541 bits per heavy atom. The largest absolute Gasteiger partial charge is 0.462 e. The fourth-order valence-corrected chi connectivity index (χ4v) is 8.39. The van der Waals surface area contributed by atoms with Gasteiger partial charge in [0.15, 0.2) is 6.10 Å². The third kappa shape index (κ3) is 49.3. The summed E-state index contributed by atoms with van der Waals surface area (Å²) in [6, 6.07) is 0. The van der Waals surface area contributed by atoms with Gasteiger partial charge in [0.25, 0.3) is 0 Å². The number of carbonyl (C=O) groups is 3. The van der Waals surface area contributed by atoms with Gasteiger partial charge in [-0.05, 0) is 25.2 Å². The van der Waals surface area contributed by atoms with E-state index in [0.717, 1.165) is 63.7 Å². The van der Waals surface area contributed by atoms with Gasteiger partial charge in [-0.1, -0.05) is 272 Å². The molecule has 0 saturated heterocycles. The van der Waals surface area contributed by atoms with E-state index in [4.69, 9.17) is 14.2 Å². The fraction of sp³-hybridized carbons (Fsp3) is 0.945. The van der Waals surface area contributed by atoms with Crippen LogP contribution in [0.25, 0.3) is 0 Å². The van der Waals surface area contributed by atoms with Crippen molar-refractivity contribution in [1.82, 2.24) is 0 Å². The van der Waals surface area contributed by atoms with Crippen molar-refractivity contribution >= 4 is 17.9 Å². The zero-order chi connectivity index (χ0) is 44.5. The standard InChI is InChI=1S/C55H106O6/c1-5-7-9-11-13-15-17-19-21-23-25-27-29-31-35-39-43-47-54(57)60-50-52(61-55(58)48-44-40-36-32-33-37-41-45-51(3)4)49-59-53(56)46-42-38-34-30-28-26-24-22-20-18-16-14-12-10-8-6-2/h51-52H,5-50H2,1-4H3/t52-/m1/s1. The first kappa shape index (κ1) is 59.4. The lowest BCUT2D eigenvalue weighted by Gasteiger charge is -2.18. The van der Waals surface area contributed by atoms with E-state index in [0.29, 0.717) is 19.3 Å². The average Bonchev–Trinajstić information content (AvgIpc) is 3.24. The molecule has 0 amide bonds. The highest BCUT2D eigenvalue weighted by Crippen LogP contribution is 2.17. The first-order valence-corrected chi connectivity index (χ1v) is 27.4. The Kier molecular flexibility index (Phi) is 48.1. The van der Waals surface area contributed by atoms with Gasteiger partial charge in [-0.2, -0.15) is 0 Å². The lowest BCUT2D eigenvalue weighted by molar-refractivity contribution is -0.167. The van der Waals surface area contributed by atoms with Crippen molar-refractivity contribution in [2.24, 2.45) is 5.92 Å². The van der Waals surface area contributed by atoms with Crippen molar-refractivity contribution in [2.45, 2.75) is 316 Å². The molecule has 0 saturated carbocycles. The molecule has 0 aliphatic heterocycles. The number of rotatable bonds is 50. The highest BCUT2D eigenvalue weighted by atomic mass is 16.6. The van der Waals surface area contributed by atoms with Gasteiger partial charge in [-0.25, -0.2) is 0 Å². The Bertz CT molecular complexity index is 918. The van der Waals surface area contributed by atoms with Gasteiger partial charge in [0.2, 0.25) is 0 Å². The van der Waals surface area contributed by atoms with Crippen LogP contribution in [0.4, 0.5) is 0 Å². The summed E-state index contributed by atoms with van der Waals surface area (Å²) >= 11 is 0. The van der Waals surface area contributed by atoms with Gasteiger partial charge >= 0.3 is 17.9 Å². The highest BCUT2D eigenvalue weighted by molar-refractivity contribution is 5.71. The van der Waals surface area contributed by atoms with E-state index in [1.54, 1.807) is 0 Å². The average molecular weight is 863 g/mol. The molecular weight excluding hydrogens is 757 g/mol. The minimum absolute atomic E-state index is 0.0633. The zero-order valence-corrected chi connectivity index (χ0v) is 41.6. The second-order valence-corrected chi connectivity index (χ2v) is 19.3. The summed E-state index contributed by atoms with van der Waals surface area (Å²) in [6.07, 6.45) is 52.4. The normalized spacial score (nSPS) is 12.0. The Labute approximate surface area is 380 Å². The summed E-state index contributed by atoms with van der Waals surface area (Å²) in [6.45, 7) is 8.99. The number of hydrogen-bond donors (Lipinski definition) is 0. The summed E-state index contributed by atoms with van der Waals surface area (Å²) in [5, 5.41) is 0. The molecule has 1 atom stereocenters. The third-order valence-corrected chi connectivity index (χ3v) is 12.5. The number of esters is 3. The van der Waals surface area contributed by atoms with Crippen LogP contribution in [0.2, 0.25) is 0 Å². The molecule has 0 rings (SSSR count). The molecule has 6 nitrogen and oxygen atoms in total. The van der Waals surface area contributed by atoms with Crippen LogP contribution in [-0.4, -0.2) is 37.2 Å². The molecule has 0 heterocycles. The molecule has 0 radical (unpaired) electrons. The van der Waals surface area contributed by atoms with E-state index >= 15 is 0 Å². The van der Waals surface area contributed by atoms with Crippen molar-refractivity contribution < 1.29 is 28.6 Å². The van der Waals surface area contributed by atoms with Gasteiger partial charge in [0.05, 0.1) is 0 Å². The minimum Gasteiger partial charge on any atom is -0.462 e. The van der Waals surface area contributed by atoms with Crippen LogP contribution in [0.1, 0.15) is 310 Å². The lowest BCUT2D eigenvalue weighted by Crippen LogP contribution is -2.30.